The molecule has 2 aliphatic rings. The molecule has 2 atom stereocenters. The molecule has 0 radical (unpaired) electrons. The zero-order valence-electron chi connectivity index (χ0n) is 15.4. The number of carbonyl (C=O) groups is 1. The number of rotatable bonds is 4. The summed E-state index contributed by atoms with van der Waals surface area (Å²) < 4.78 is 11.0. The number of carbonyl (C=O) groups excluding carboxylic acids is 1. The van der Waals surface area contributed by atoms with Gasteiger partial charge in [-0.1, -0.05) is 0 Å². The van der Waals surface area contributed by atoms with Gasteiger partial charge in [-0.25, -0.2) is 4.79 Å². The third-order valence-corrected chi connectivity index (χ3v) is 4.01. The fourth-order valence-electron chi connectivity index (χ4n) is 2.95. The Morgan fingerprint density at radius 3 is 2.79 bits per heavy atom. The van der Waals surface area contributed by atoms with Crippen LogP contribution in [0.5, 0.6) is 0 Å². The van der Waals surface area contributed by atoms with Gasteiger partial charge in [0, 0.05) is 26.2 Å². The maximum atomic E-state index is 11.9. The largest absolute Gasteiger partial charge is 0.444 e. The molecular formula is C17H32N4O3. The third kappa shape index (κ3) is 6.19. The van der Waals surface area contributed by atoms with Crippen molar-refractivity contribution in [1.82, 2.24) is 15.5 Å². The molecule has 2 rings (SSSR count). The van der Waals surface area contributed by atoms with Gasteiger partial charge < -0.3 is 25.0 Å². The fraction of sp³-hybridized carbons (Fsp3) is 0.882. The molecular weight excluding hydrogens is 308 g/mol. The van der Waals surface area contributed by atoms with Crippen molar-refractivity contribution >= 4 is 12.1 Å². The van der Waals surface area contributed by atoms with E-state index >= 15 is 0 Å². The maximum Gasteiger partial charge on any atom is 0.407 e. The second-order valence-corrected chi connectivity index (χ2v) is 7.41. The lowest BCUT2D eigenvalue weighted by atomic mass is 10.2. The van der Waals surface area contributed by atoms with Gasteiger partial charge in [0.15, 0.2) is 5.96 Å². The quantitative estimate of drug-likeness (QED) is 0.602. The van der Waals surface area contributed by atoms with Gasteiger partial charge in [-0.3, -0.25) is 4.99 Å². The lowest BCUT2D eigenvalue weighted by Crippen LogP contribution is -2.44. The van der Waals surface area contributed by atoms with Crippen LogP contribution in [0.4, 0.5) is 4.79 Å². The van der Waals surface area contributed by atoms with Crippen LogP contribution in [0.3, 0.4) is 0 Å². The smallest absolute Gasteiger partial charge is 0.407 e. The van der Waals surface area contributed by atoms with Gasteiger partial charge >= 0.3 is 6.09 Å². The first-order valence-corrected chi connectivity index (χ1v) is 9.01. The van der Waals surface area contributed by atoms with Crippen LogP contribution in [0.1, 0.15) is 47.0 Å². The number of hydrogen-bond donors (Lipinski definition) is 2. The van der Waals surface area contributed by atoms with E-state index < -0.39 is 5.60 Å². The Morgan fingerprint density at radius 1 is 1.38 bits per heavy atom. The van der Waals surface area contributed by atoms with Crippen LogP contribution in [0.15, 0.2) is 4.99 Å². The lowest BCUT2D eigenvalue weighted by molar-refractivity contribution is 0.0507. The summed E-state index contributed by atoms with van der Waals surface area (Å²) >= 11 is 0. The van der Waals surface area contributed by atoms with E-state index in [-0.39, 0.29) is 18.2 Å². The second kappa shape index (κ2) is 8.55. The molecule has 24 heavy (non-hydrogen) atoms. The van der Waals surface area contributed by atoms with Crippen molar-refractivity contribution in [3.63, 3.8) is 0 Å². The highest BCUT2D eigenvalue weighted by Crippen LogP contribution is 2.14. The first-order chi connectivity index (χ1) is 11.4. The SMILES string of the molecule is CCNC(=NCC1CCCO1)N1CCC(NC(=O)OC(C)(C)C)C1. The third-order valence-electron chi connectivity index (χ3n) is 4.01. The van der Waals surface area contributed by atoms with Crippen molar-refractivity contribution in [2.45, 2.75) is 64.7 Å². The summed E-state index contributed by atoms with van der Waals surface area (Å²) in [5.41, 5.74) is -0.472. The molecule has 138 valence electrons. The molecule has 1 amide bonds. The van der Waals surface area contributed by atoms with Crippen molar-refractivity contribution in [1.29, 1.82) is 0 Å². The minimum Gasteiger partial charge on any atom is -0.444 e. The van der Waals surface area contributed by atoms with Crippen LogP contribution < -0.4 is 10.6 Å². The van der Waals surface area contributed by atoms with E-state index in [9.17, 15) is 4.79 Å². The molecule has 2 N–H and O–H groups in total. The molecule has 2 heterocycles. The Labute approximate surface area is 145 Å². The Morgan fingerprint density at radius 2 is 2.17 bits per heavy atom. The van der Waals surface area contributed by atoms with Crippen LogP contribution in [0, 0.1) is 0 Å². The number of guanidine groups is 1. The van der Waals surface area contributed by atoms with Crippen molar-refractivity contribution < 1.29 is 14.3 Å². The number of hydrogen-bond acceptors (Lipinski definition) is 4. The van der Waals surface area contributed by atoms with Gasteiger partial charge in [0.2, 0.25) is 0 Å². The zero-order chi connectivity index (χ0) is 17.6. The summed E-state index contributed by atoms with van der Waals surface area (Å²) in [6.45, 7) is 11.7. The van der Waals surface area contributed by atoms with Crippen LogP contribution in [0.2, 0.25) is 0 Å². The Bertz CT molecular complexity index is 442. The van der Waals surface area contributed by atoms with E-state index in [2.05, 4.69) is 22.5 Å². The predicted octanol–water partition coefficient (Wildman–Crippen LogP) is 1.73. The van der Waals surface area contributed by atoms with E-state index in [4.69, 9.17) is 14.5 Å². The van der Waals surface area contributed by atoms with Gasteiger partial charge in [-0.05, 0) is 47.0 Å². The normalized spacial score (nSPS) is 25.0. The van der Waals surface area contributed by atoms with Crippen LogP contribution >= 0.6 is 0 Å². The molecule has 2 fully saturated rings. The lowest BCUT2D eigenvalue weighted by Gasteiger charge is -2.23. The van der Waals surface area contributed by atoms with Crippen LogP contribution in [0.25, 0.3) is 0 Å². The Kier molecular flexibility index (Phi) is 6.71. The van der Waals surface area contributed by atoms with Crippen molar-refractivity contribution in [3.05, 3.63) is 0 Å². The highest BCUT2D eigenvalue weighted by atomic mass is 16.6. The average molecular weight is 340 g/mol. The molecule has 2 saturated heterocycles. The molecule has 0 spiro atoms. The van der Waals surface area contributed by atoms with Crippen molar-refractivity contribution in [2.24, 2.45) is 4.99 Å². The molecule has 0 bridgehead atoms. The molecule has 2 aliphatic heterocycles. The highest BCUT2D eigenvalue weighted by Gasteiger charge is 2.28. The van der Waals surface area contributed by atoms with Gasteiger partial charge in [-0.15, -0.1) is 0 Å². The highest BCUT2D eigenvalue weighted by molar-refractivity contribution is 5.80. The Balaban J connectivity index is 1.83. The van der Waals surface area contributed by atoms with Crippen LogP contribution in [-0.4, -0.2) is 67.5 Å². The molecule has 7 heteroatoms. The van der Waals surface area contributed by atoms with E-state index in [0.717, 1.165) is 51.5 Å². The first kappa shape index (κ1) is 18.8. The molecule has 0 aromatic rings. The zero-order valence-corrected chi connectivity index (χ0v) is 15.4. The summed E-state index contributed by atoms with van der Waals surface area (Å²) in [5, 5.41) is 6.29. The molecule has 0 aliphatic carbocycles. The number of ether oxygens (including phenoxy) is 2. The van der Waals surface area contributed by atoms with Crippen molar-refractivity contribution in [3.8, 4) is 0 Å². The summed E-state index contributed by atoms with van der Waals surface area (Å²) in [6.07, 6.45) is 3.00. The number of nitrogens with zero attached hydrogens (tertiary/aromatic N) is 2. The van der Waals surface area contributed by atoms with E-state index in [1.807, 2.05) is 20.8 Å². The number of likely N-dealkylation sites (tertiary alicyclic amines) is 1. The van der Waals surface area contributed by atoms with E-state index in [1.165, 1.54) is 0 Å². The standard InChI is InChI=1S/C17H32N4O3/c1-5-18-15(19-11-14-7-6-10-23-14)21-9-8-13(12-21)20-16(22)24-17(2,3)4/h13-14H,5-12H2,1-4H3,(H,18,19)(H,20,22). The van der Waals surface area contributed by atoms with Gasteiger partial charge in [0.05, 0.1) is 18.7 Å². The molecule has 7 nitrogen and oxygen atoms in total. The molecule has 2 unspecified atom stereocenters. The number of nitrogens with one attached hydrogen (secondary N) is 2. The maximum absolute atomic E-state index is 11.9. The molecule has 0 saturated carbocycles. The summed E-state index contributed by atoms with van der Waals surface area (Å²) in [6, 6.07) is 0.0893. The Hall–Kier alpha value is -1.50. The average Bonchev–Trinajstić information content (AvgIpc) is 3.12. The predicted molar refractivity (Wildman–Crippen MR) is 94.3 cm³/mol. The van der Waals surface area contributed by atoms with Gasteiger partial charge in [0.1, 0.15) is 5.60 Å². The second-order valence-electron chi connectivity index (χ2n) is 7.41. The van der Waals surface area contributed by atoms with Crippen LogP contribution in [-0.2, 0) is 9.47 Å². The van der Waals surface area contributed by atoms with Gasteiger partial charge in [-0.2, -0.15) is 0 Å². The van der Waals surface area contributed by atoms with Crippen molar-refractivity contribution in [2.75, 3.05) is 32.8 Å². The fourth-order valence-corrected chi connectivity index (χ4v) is 2.95. The number of alkyl carbamates (subject to hydrolysis) is 1. The monoisotopic (exact) mass is 340 g/mol. The summed E-state index contributed by atoms with van der Waals surface area (Å²) in [7, 11) is 0. The molecule has 0 aromatic heterocycles. The molecule has 0 aromatic carbocycles. The summed E-state index contributed by atoms with van der Waals surface area (Å²) in [4.78, 5) is 18.8. The first-order valence-electron chi connectivity index (χ1n) is 9.01. The number of amides is 1. The number of aliphatic imine (C=N–C) groups is 1. The van der Waals surface area contributed by atoms with Gasteiger partial charge in [0.25, 0.3) is 0 Å². The van der Waals surface area contributed by atoms with E-state index in [0.29, 0.717) is 6.54 Å². The minimum absolute atomic E-state index is 0.0893. The minimum atomic E-state index is -0.472. The topological polar surface area (TPSA) is 75.2 Å². The summed E-state index contributed by atoms with van der Waals surface area (Å²) in [5.74, 6) is 0.904. The van der Waals surface area contributed by atoms with E-state index in [1.54, 1.807) is 0 Å².